The molecule has 0 aliphatic heterocycles. The first-order chi connectivity index (χ1) is 8.15. The molecule has 6 nitrogen and oxygen atoms in total. The maximum atomic E-state index is 11.5. The van der Waals surface area contributed by atoms with Crippen molar-refractivity contribution in [1.82, 2.24) is 9.78 Å². The number of nitrogens with zero attached hydrogens (tertiary/aromatic N) is 2. The molecule has 0 amide bonds. The highest BCUT2D eigenvalue weighted by Crippen LogP contribution is 2.25. The van der Waals surface area contributed by atoms with Crippen LogP contribution >= 0.6 is 11.6 Å². The number of aromatic nitrogens is 2. The van der Waals surface area contributed by atoms with Gasteiger partial charge < -0.3 is 13.9 Å². The molecule has 1 aromatic heterocycles. The van der Waals surface area contributed by atoms with Gasteiger partial charge in [0.05, 0.1) is 14.2 Å². The van der Waals surface area contributed by atoms with Crippen LogP contribution in [0.2, 0.25) is 5.02 Å². The van der Waals surface area contributed by atoms with E-state index in [1.165, 1.54) is 14.2 Å². The van der Waals surface area contributed by atoms with E-state index in [4.69, 9.17) is 25.5 Å². The van der Waals surface area contributed by atoms with E-state index < -0.39 is 5.76 Å². The van der Waals surface area contributed by atoms with Crippen LogP contribution in [0.5, 0.6) is 11.8 Å². The smallest absolute Gasteiger partial charge is 0.444 e. The first-order valence-corrected chi connectivity index (χ1v) is 5.01. The molecule has 90 valence electrons. The predicted molar refractivity (Wildman–Crippen MR) is 60.2 cm³/mol. The van der Waals surface area contributed by atoms with Crippen LogP contribution in [-0.2, 0) is 0 Å². The Labute approximate surface area is 101 Å². The maximum absolute atomic E-state index is 11.5. The van der Waals surface area contributed by atoms with Gasteiger partial charge in [0.2, 0.25) is 0 Å². The lowest BCUT2D eigenvalue weighted by atomic mass is 10.3. The largest absolute Gasteiger partial charge is 0.494 e. The summed E-state index contributed by atoms with van der Waals surface area (Å²) in [5, 5.41) is 4.32. The van der Waals surface area contributed by atoms with Gasteiger partial charge in [-0.1, -0.05) is 16.7 Å². The van der Waals surface area contributed by atoms with Gasteiger partial charge in [-0.05, 0) is 12.1 Å². The fourth-order valence-electron chi connectivity index (χ4n) is 1.32. The Kier molecular flexibility index (Phi) is 3.06. The molecule has 0 saturated heterocycles. The molecule has 0 atom stereocenters. The Bertz CT molecular complexity index is 590. The summed E-state index contributed by atoms with van der Waals surface area (Å²) < 4.78 is 15.6. The summed E-state index contributed by atoms with van der Waals surface area (Å²) in [5.74, 6) is -0.252. The summed E-state index contributed by atoms with van der Waals surface area (Å²) in [6.07, 6.45) is -0.119. The standard InChI is InChI=1S/C10H9ClN2O4/c1-15-8-5-6(11)3-4-7(8)13-10(14)17-9(12-13)16-2/h3-5H,1-2H3. The van der Waals surface area contributed by atoms with E-state index in [1.54, 1.807) is 18.2 Å². The quantitative estimate of drug-likeness (QED) is 0.832. The Hall–Kier alpha value is -1.95. The molecule has 0 radical (unpaired) electrons. The topological polar surface area (TPSA) is 66.5 Å². The average Bonchev–Trinajstić information content (AvgIpc) is 2.70. The Balaban J connectivity index is 2.59. The molecule has 0 N–H and O–H groups in total. The number of halogens is 1. The second-order valence-corrected chi connectivity index (χ2v) is 3.50. The van der Waals surface area contributed by atoms with E-state index in [1.807, 2.05) is 0 Å². The molecule has 0 saturated carbocycles. The third kappa shape index (κ3) is 2.12. The minimum atomic E-state index is -0.664. The second-order valence-electron chi connectivity index (χ2n) is 3.07. The van der Waals surface area contributed by atoms with Crippen molar-refractivity contribution in [1.29, 1.82) is 0 Å². The molecule has 1 aromatic carbocycles. The Morgan fingerprint density at radius 1 is 1.35 bits per heavy atom. The van der Waals surface area contributed by atoms with Crippen LogP contribution in [0, 0.1) is 0 Å². The highest BCUT2D eigenvalue weighted by Gasteiger charge is 2.14. The van der Waals surface area contributed by atoms with Crippen molar-refractivity contribution < 1.29 is 13.9 Å². The molecular formula is C10H9ClN2O4. The highest BCUT2D eigenvalue weighted by atomic mass is 35.5. The van der Waals surface area contributed by atoms with Gasteiger partial charge in [0.1, 0.15) is 11.4 Å². The van der Waals surface area contributed by atoms with E-state index in [0.29, 0.717) is 16.5 Å². The van der Waals surface area contributed by atoms with Crippen molar-refractivity contribution in [3.8, 4) is 17.5 Å². The van der Waals surface area contributed by atoms with Crippen LogP contribution in [-0.4, -0.2) is 24.0 Å². The van der Waals surface area contributed by atoms with Crippen LogP contribution in [0.25, 0.3) is 5.69 Å². The van der Waals surface area contributed by atoms with Gasteiger partial charge in [0.15, 0.2) is 0 Å². The minimum Gasteiger partial charge on any atom is -0.494 e. The van der Waals surface area contributed by atoms with Gasteiger partial charge in [-0.2, -0.15) is 4.68 Å². The van der Waals surface area contributed by atoms with Gasteiger partial charge in [-0.25, -0.2) is 4.79 Å². The fourth-order valence-corrected chi connectivity index (χ4v) is 1.48. The SMILES string of the molecule is COc1nn(-c2ccc(Cl)cc2OC)c(=O)o1. The Morgan fingerprint density at radius 3 is 2.71 bits per heavy atom. The molecular weight excluding hydrogens is 248 g/mol. The predicted octanol–water partition coefficient (Wildman–Crippen LogP) is 1.50. The monoisotopic (exact) mass is 256 g/mol. The lowest BCUT2D eigenvalue weighted by Crippen LogP contribution is -2.14. The van der Waals surface area contributed by atoms with E-state index in [2.05, 4.69) is 5.10 Å². The summed E-state index contributed by atoms with van der Waals surface area (Å²) in [4.78, 5) is 11.5. The molecule has 17 heavy (non-hydrogen) atoms. The number of rotatable bonds is 3. The van der Waals surface area contributed by atoms with E-state index >= 15 is 0 Å². The van der Waals surface area contributed by atoms with Gasteiger partial charge in [-0.15, -0.1) is 0 Å². The molecule has 0 aliphatic carbocycles. The third-order valence-electron chi connectivity index (χ3n) is 2.07. The summed E-state index contributed by atoms with van der Waals surface area (Å²) in [7, 11) is 2.83. The molecule has 7 heteroatoms. The van der Waals surface area contributed by atoms with Crippen LogP contribution in [0.1, 0.15) is 0 Å². The fraction of sp³-hybridized carbons (Fsp3) is 0.200. The minimum absolute atomic E-state index is 0.119. The van der Waals surface area contributed by atoms with Crippen LogP contribution in [0.3, 0.4) is 0 Å². The second kappa shape index (κ2) is 4.50. The van der Waals surface area contributed by atoms with Crippen molar-refractivity contribution in [3.63, 3.8) is 0 Å². The zero-order valence-electron chi connectivity index (χ0n) is 9.14. The average molecular weight is 257 g/mol. The number of ether oxygens (including phenoxy) is 2. The molecule has 0 fully saturated rings. The van der Waals surface area contributed by atoms with Crippen molar-refractivity contribution >= 4 is 11.6 Å². The normalized spacial score (nSPS) is 10.3. The molecule has 0 spiro atoms. The lowest BCUT2D eigenvalue weighted by molar-refractivity contribution is 0.282. The molecule has 1 heterocycles. The number of methoxy groups -OCH3 is 2. The van der Waals surface area contributed by atoms with Crippen LogP contribution < -0.4 is 15.2 Å². The van der Waals surface area contributed by atoms with Gasteiger partial charge in [-0.3, -0.25) is 0 Å². The van der Waals surface area contributed by atoms with E-state index in [9.17, 15) is 4.79 Å². The molecule has 2 rings (SSSR count). The zero-order chi connectivity index (χ0) is 12.4. The van der Waals surface area contributed by atoms with E-state index in [0.717, 1.165) is 4.68 Å². The number of benzene rings is 1. The van der Waals surface area contributed by atoms with Gasteiger partial charge in [0, 0.05) is 11.1 Å². The molecule has 2 aromatic rings. The van der Waals surface area contributed by atoms with Crippen LogP contribution in [0.4, 0.5) is 0 Å². The molecule has 0 bridgehead atoms. The molecule has 0 unspecified atom stereocenters. The summed E-state index contributed by atoms with van der Waals surface area (Å²) >= 11 is 5.82. The Morgan fingerprint density at radius 2 is 2.12 bits per heavy atom. The van der Waals surface area contributed by atoms with Crippen LogP contribution in [0.15, 0.2) is 27.4 Å². The van der Waals surface area contributed by atoms with Crippen molar-refractivity contribution in [3.05, 3.63) is 33.8 Å². The zero-order valence-corrected chi connectivity index (χ0v) is 9.89. The van der Waals surface area contributed by atoms with Crippen molar-refractivity contribution in [2.24, 2.45) is 0 Å². The number of hydrogen-bond donors (Lipinski definition) is 0. The third-order valence-corrected chi connectivity index (χ3v) is 2.31. The van der Waals surface area contributed by atoms with Gasteiger partial charge in [0.25, 0.3) is 0 Å². The van der Waals surface area contributed by atoms with E-state index in [-0.39, 0.29) is 6.08 Å². The van der Waals surface area contributed by atoms with Crippen molar-refractivity contribution in [2.75, 3.05) is 14.2 Å². The lowest BCUT2D eigenvalue weighted by Gasteiger charge is -2.06. The first-order valence-electron chi connectivity index (χ1n) is 4.63. The summed E-state index contributed by atoms with van der Waals surface area (Å²) in [6.45, 7) is 0. The first kappa shape index (κ1) is 11.5. The highest BCUT2D eigenvalue weighted by molar-refractivity contribution is 6.30. The summed E-state index contributed by atoms with van der Waals surface area (Å²) in [6, 6.07) is 4.79. The molecule has 0 aliphatic rings. The summed E-state index contributed by atoms with van der Waals surface area (Å²) in [5.41, 5.74) is 0.425. The van der Waals surface area contributed by atoms with Gasteiger partial charge >= 0.3 is 11.8 Å². The maximum Gasteiger partial charge on any atom is 0.444 e. The van der Waals surface area contributed by atoms with Crippen molar-refractivity contribution in [2.45, 2.75) is 0 Å². The number of hydrogen-bond acceptors (Lipinski definition) is 5.